The number of hydrogen-bond acceptors (Lipinski definition) is 2. The third kappa shape index (κ3) is 2.69. The van der Waals surface area contributed by atoms with E-state index >= 15 is 0 Å². The molecule has 1 rings (SSSR count). The van der Waals surface area contributed by atoms with Crippen molar-refractivity contribution in [3.8, 4) is 0 Å². The monoisotopic (exact) mass is 196 g/mol. The van der Waals surface area contributed by atoms with Crippen LogP contribution in [-0.4, -0.2) is 19.5 Å². The van der Waals surface area contributed by atoms with Crippen LogP contribution < -0.4 is 0 Å². The van der Waals surface area contributed by atoms with Gasteiger partial charge in [0.1, 0.15) is 0 Å². The molecule has 0 aromatic rings. The molecule has 2 heteroatoms. The highest BCUT2D eigenvalue weighted by molar-refractivity contribution is 4.93. The van der Waals surface area contributed by atoms with Gasteiger partial charge in [0.25, 0.3) is 0 Å². The largest absolute Gasteiger partial charge is 0.352 e. The van der Waals surface area contributed by atoms with E-state index in [0.29, 0.717) is 0 Å². The van der Waals surface area contributed by atoms with Crippen LogP contribution in [0.1, 0.15) is 26.2 Å². The molecule has 0 saturated carbocycles. The summed E-state index contributed by atoms with van der Waals surface area (Å²) >= 11 is 0. The fraction of sp³-hybridized carbons (Fsp3) is 0.667. The molecule has 0 radical (unpaired) electrons. The van der Waals surface area contributed by atoms with E-state index in [-0.39, 0.29) is 11.7 Å². The average Bonchev–Trinajstić information content (AvgIpc) is 2.20. The Labute approximate surface area is 86.6 Å². The first kappa shape index (κ1) is 11.5. The Balaban J connectivity index is 2.53. The van der Waals surface area contributed by atoms with E-state index in [9.17, 15) is 0 Å². The van der Waals surface area contributed by atoms with Crippen molar-refractivity contribution in [2.75, 3.05) is 13.2 Å². The Kier molecular flexibility index (Phi) is 4.36. The van der Waals surface area contributed by atoms with Gasteiger partial charge in [-0.25, -0.2) is 0 Å². The zero-order valence-corrected chi connectivity index (χ0v) is 9.00. The first-order chi connectivity index (χ1) is 6.76. The van der Waals surface area contributed by atoms with Crippen molar-refractivity contribution in [1.29, 1.82) is 0 Å². The van der Waals surface area contributed by atoms with Gasteiger partial charge in [-0.3, -0.25) is 0 Å². The first-order valence-corrected chi connectivity index (χ1v) is 5.21. The standard InChI is InChI=1S/C12H20O2/c1-4-7-12(8-5-2)9-13-11(6-3)14-10-12/h4-5,11H,1-2,6-10H2,3H3. The van der Waals surface area contributed by atoms with Gasteiger partial charge in [0.2, 0.25) is 0 Å². The minimum Gasteiger partial charge on any atom is -0.352 e. The van der Waals surface area contributed by atoms with E-state index < -0.39 is 0 Å². The number of rotatable bonds is 5. The highest BCUT2D eigenvalue weighted by atomic mass is 16.7. The van der Waals surface area contributed by atoms with Gasteiger partial charge < -0.3 is 9.47 Å². The van der Waals surface area contributed by atoms with Crippen LogP contribution in [0.4, 0.5) is 0 Å². The molecule has 0 amide bonds. The maximum atomic E-state index is 5.63. The van der Waals surface area contributed by atoms with Crippen molar-refractivity contribution in [3.05, 3.63) is 25.3 Å². The summed E-state index contributed by atoms with van der Waals surface area (Å²) in [5.74, 6) is 0. The van der Waals surface area contributed by atoms with Crippen LogP contribution in [-0.2, 0) is 9.47 Å². The van der Waals surface area contributed by atoms with Crippen LogP contribution in [0.3, 0.4) is 0 Å². The Hall–Kier alpha value is -0.600. The lowest BCUT2D eigenvalue weighted by molar-refractivity contribution is -0.228. The number of hydrogen-bond donors (Lipinski definition) is 0. The second-order valence-corrected chi connectivity index (χ2v) is 3.95. The van der Waals surface area contributed by atoms with E-state index in [1.54, 1.807) is 0 Å². The smallest absolute Gasteiger partial charge is 0.157 e. The first-order valence-electron chi connectivity index (χ1n) is 5.21. The van der Waals surface area contributed by atoms with Crippen molar-refractivity contribution in [1.82, 2.24) is 0 Å². The average molecular weight is 196 g/mol. The maximum Gasteiger partial charge on any atom is 0.157 e. The molecule has 2 nitrogen and oxygen atoms in total. The van der Waals surface area contributed by atoms with Crippen LogP contribution in [0.5, 0.6) is 0 Å². The lowest BCUT2D eigenvalue weighted by Gasteiger charge is -2.38. The number of allylic oxidation sites excluding steroid dienone is 2. The molecule has 1 saturated heterocycles. The van der Waals surface area contributed by atoms with Crippen LogP contribution in [0.2, 0.25) is 0 Å². The Morgan fingerprint density at radius 1 is 1.21 bits per heavy atom. The zero-order valence-electron chi connectivity index (χ0n) is 9.00. The molecule has 14 heavy (non-hydrogen) atoms. The summed E-state index contributed by atoms with van der Waals surface area (Å²) in [5.41, 5.74) is 0.0785. The van der Waals surface area contributed by atoms with E-state index in [0.717, 1.165) is 32.5 Å². The molecule has 80 valence electrons. The van der Waals surface area contributed by atoms with E-state index in [2.05, 4.69) is 20.1 Å². The van der Waals surface area contributed by atoms with Crippen LogP contribution in [0.25, 0.3) is 0 Å². The summed E-state index contributed by atoms with van der Waals surface area (Å²) in [6, 6.07) is 0. The zero-order chi connectivity index (χ0) is 10.4. The molecule has 0 N–H and O–H groups in total. The highest BCUT2D eigenvalue weighted by Crippen LogP contribution is 2.33. The molecular weight excluding hydrogens is 176 g/mol. The normalized spacial score (nSPS) is 21.8. The third-order valence-electron chi connectivity index (χ3n) is 2.64. The predicted molar refractivity (Wildman–Crippen MR) is 58.0 cm³/mol. The van der Waals surface area contributed by atoms with Gasteiger partial charge in [-0.05, 0) is 19.3 Å². The van der Waals surface area contributed by atoms with Crippen LogP contribution >= 0.6 is 0 Å². The molecule has 1 heterocycles. The van der Waals surface area contributed by atoms with E-state index in [4.69, 9.17) is 9.47 Å². The lowest BCUT2D eigenvalue weighted by atomic mass is 9.82. The Morgan fingerprint density at radius 2 is 1.71 bits per heavy atom. The fourth-order valence-corrected chi connectivity index (χ4v) is 1.80. The molecule has 0 aliphatic carbocycles. The van der Waals surface area contributed by atoms with Gasteiger partial charge in [-0.1, -0.05) is 19.1 Å². The molecule has 1 aliphatic rings. The Morgan fingerprint density at radius 3 is 2.07 bits per heavy atom. The van der Waals surface area contributed by atoms with Gasteiger partial charge in [-0.15, -0.1) is 13.2 Å². The third-order valence-corrected chi connectivity index (χ3v) is 2.64. The van der Waals surface area contributed by atoms with Crippen molar-refractivity contribution >= 4 is 0 Å². The van der Waals surface area contributed by atoms with Crippen LogP contribution in [0.15, 0.2) is 25.3 Å². The molecule has 1 aliphatic heterocycles. The molecule has 1 fully saturated rings. The summed E-state index contributed by atoms with van der Waals surface area (Å²) in [6.45, 7) is 11.1. The highest BCUT2D eigenvalue weighted by Gasteiger charge is 2.34. The summed E-state index contributed by atoms with van der Waals surface area (Å²) < 4.78 is 11.3. The van der Waals surface area contributed by atoms with Crippen molar-refractivity contribution in [2.24, 2.45) is 5.41 Å². The maximum absolute atomic E-state index is 5.63. The predicted octanol–water partition coefficient (Wildman–Crippen LogP) is 2.91. The molecule has 0 aromatic heterocycles. The minimum atomic E-state index is -0.0160. The molecule has 0 aromatic carbocycles. The number of ether oxygens (including phenoxy) is 2. The molecular formula is C12H20O2. The summed E-state index contributed by atoms with van der Waals surface area (Å²) in [4.78, 5) is 0. The molecule has 0 spiro atoms. The van der Waals surface area contributed by atoms with Gasteiger partial charge >= 0.3 is 0 Å². The molecule has 0 atom stereocenters. The van der Waals surface area contributed by atoms with Crippen LogP contribution in [0, 0.1) is 5.41 Å². The Bertz CT molecular complexity index is 178. The topological polar surface area (TPSA) is 18.5 Å². The second-order valence-electron chi connectivity index (χ2n) is 3.95. The van der Waals surface area contributed by atoms with E-state index in [1.807, 2.05) is 12.2 Å². The van der Waals surface area contributed by atoms with E-state index in [1.165, 1.54) is 0 Å². The summed E-state index contributed by atoms with van der Waals surface area (Å²) in [6.07, 6.45) is 6.62. The second kappa shape index (κ2) is 5.32. The van der Waals surface area contributed by atoms with Gasteiger partial charge in [0.15, 0.2) is 6.29 Å². The fourth-order valence-electron chi connectivity index (χ4n) is 1.80. The lowest BCUT2D eigenvalue weighted by Crippen LogP contribution is -2.41. The van der Waals surface area contributed by atoms with Crippen molar-refractivity contribution < 1.29 is 9.47 Å². The van der Waals surface area contributed by atoms with Gasteiger partial charge in [0, 0.05) is 5.41 Å². The SMILES string of the molecule is C=CCC1(CC=C)COC(CC)OC1. The van der Waals surface area contributed by atoms with Gasteiger partial charge in [-0.2, -0.15) is 0 Å². The van der Waals surface area contributed by atoms with Gasteiger partial charge in [0.05, 0.1) is 13.2 Å². The summed E-state index contributed by atoms with van der Waals surface area (Å²) in [7, 11) is 0. The minimum absolute atomic E-state index is 0.0160. The quantitative estimate of drug-likeness (QED) is 0.629. The summed E-state index contributed by atoms with van der Waals surface area (Å²) in [5, 5.41) is 0. The van der Waals surface area contributed by atoms with Crippen molar-refractivity contribution in [3.63, 3.8) is 0 Å². The molecule has 0 unspecified atom stereocenters. The van der Waals surface area contributed by atoms with Crippen molar-refractivity contribution in [2.45, 2.75) is 32.5 Å². The molecule has 0 bridgehead atoms.